The molecular formula is C25H21N3O5. The third-order valence-corrected chi connectivity index (χ3v) is 5.27. The van der Waals surface area contributed by atoms with Gasteiger partial charge in [0.1, 0.15) is 5.82 Å². The molecule has 1 aromatic heterocycles. The Hall–Kier alpha value is -4.33. The van der Waals surface area contributed by atoms with Crippen molar-refractivity contribution < 1.29 is 23.9 Å². The smallest absolute Gasteiger partial charge is 0.338 e. The quantitative estimate of drug-likeness (QED) is 0.473. The lowest BCUT2D eigenvalue weighted by Crippen LogP contribution is -2.30. The molecule has 1 aliphatic heterocycles. The number of carbonyl (C=O) groups is 4. The molecule has 2 aromatic carbocycles. The summed E-state index contributed by atoms with van der Waals surface area (Å²) < 4.78 is 4.95. The third kappa shape index (κ3) is 4.10. The molecule has 0 spiro atoms. The normalized spacial score (nSPS) is 12.5. The molecule has 166 valence electrons. The Labute approximate surface area is 190 Å². The van der Waals surface area contributed by atoms with Crippen molar-refractivity contribution in [2.75, 3.05) is 16.8 Å². The van der Waals surface area contributed by atoms with Gasteiger partial charge in [0.25, 0.3) is 17.7 Å². The van der Waals surface area contributed by atoms with E-state index in [1.807, 2.05) is 26.0 Å². The molecule has 0 bridgehead atoms. The maximum atomic E-state index is 13.1. The number of aromatic nitrogens is 1. The molecule has 3 amide bonds. The molecule has 2 heterocycles. The van der Waals surface area contributed by atoms with Gasteiger partial charge in [0.05, 0.1) is 29.0 Å². The maximum absolute atomic E-state index is 13.1. The summed E-state index contributed by atoms with van der Waals surface area (Å²) in [5.41, 5.74) is 3.06. The Bertz CT molecular complexity index is 1320. The number of carbonyl (C=O) groups excluding carboxylic acids is 4. The number of amides is 3. The van der Waals surface area contributed by atoms with E-state index in [-0.39, 0.29) is 34.7 Å². The summed E-state index contributed by atoms with van der Waals surface area (Å²) in [5.74, 6) is -1.81. The minimum atomic E-state index is -0.531. The Kier molecular flexibility index (Phi) is 5.74. The van der Waals surface area contributed by atoms with Gasteiger partial charge in [-0.25, -0.2) is 14.7 Å². The van der Waals surface area contributed by atoms with Crippen LogP contribution in [0.4, 0.5) is 11.5 Å². The molecule has 1 aliphatic rings. The first-order chi connectivity index (χ1) is 15.8. The molecule has 8 nitrogen and oxygen atoms in total. The molecular weight excluding hydrogens is 422 g/mol. The number of nitrogens with zero attached hydrogens (tertiary/aromatic N) is 2. The largest absolute Gasteiger partial charge is 0.462 e. The number of fused-ring (bicyclic) bond motifs is 1. The number of esters is 1. The second-order valence-corrected chi connectivity index (χ2v) is 7.60. The van der Waals surface area contributed by atoms with Crippen molar-refractivity contribution in [2.45, 2.75) is 20.8 Å². The molecule has 33 heavy (non-hydrogen) atoms. The lowest BCUT2D eigenvalue weighted by molar-refractivity contribution is 0.0525. The molecule has 0 radical (unpaired) electrons. The van der Waals surface area contributed by atoms with Gasteiger partial charge in [-0.3, -0.25) is 14.4 Å². The first kappa shape index (κ1) is 21.9. The summed E-state index contributed by atoms with van der Waals surface area (Å²) in [6.45, 7) is 5.63. The molecule has 0 saturated heterocycles. The SMILES string of the molecule is CCOC(=O)c1ccnc(NC(=O)c2ccc3c(c2)C(=O)N(c2cc(C)ccc2C)C3=O)c1. The summed E-state index contributed by atoms with van der Waals surface area (Å²) in [6.07, 6.45) is 1.38. The van der Waals surface area contributed by atoms with Gasteiger partial charge < -0.3 is 10.1 Å². The van der Waals surface area contributed by atoms with Gasteiger partial charge in [-0.05, 0) is 68.3 Å². The van der Waals surface area contributed by atoms with Crippen LogP contribution in [0.5, 0.6) is 0 Å². The van der Waals surface area contributed by atoms with E-state index in [0.717, 1.165) is 16.0 Å². The highest BCUT2D eigenvalue weighted by atomic mass is 16.5. The predicted octanol–water partition coefficient (Wildman–Crippen LogP) is 3.93. The second-order valence-electron chi connectivity index (χ2n) is 7.60. The fourth-order valence-corrected chi connectivity index (χ4v) is 3.59. The Morgan fingerprint density at radius 3 is 2.45 bits per heavy atom. The summed E-state index contributed by atoms with van der Waals surface area (Å²) >= 11 is 0. The zero-order valence-electron chi connectivity index (χ0n) is 18.3. The molecule has 3 aromatic rings. The standard InChI is InChI=1S/C25H21N3O5/c1-4-33-25(32)17-9-10-26-21(13-17)27-22(29)16-7-8-18-19(12-16)24(31)28(23(18)30)20-11-14(2)5-6-15(20)3/h5-13H,4H2,1-3H3,(H,26,27,29). The summed E-state index contributed by atoms with van der Waals surface area (Å²) in [4.78, 5) is 55.9. The Morgan fingerprint density at radius 1 is 0.939 bits per heavy atom. The lowest BCUT2D eigenvalue weighted by Gasteiger charge is -2.17. The lowest BCUT2D eigenvalue weighted by atomic mass is 10.1. The minimum absolute atomic E-state index is 0.154. The van der Waals surface area contributed by atoms with Crippen LogP contribution < -0.4 is 10.2 Å². The number of pyridine rings is 1. The van der Waals surface area contributed by atoms with Crippen LogP contribution in [-0.2, 0) is 4.74 Å². The zero-order chi connectivity index (χ0) is 23.7. The van der Waals surface area contributed by atoms with E-state index < -0.39 is 23.7 Å². The van der Waals surface area contributed by atoms with E-state index in [9.17, 15) is 19.2 Å². The number of aryl methyl sites for hydroxylation is 2. The van der Waals surface area contributed by atoms with Gasteiger partial charge in [-0.15, -0.1) is 0 Å². The molecule has 0 unspecified atom stereocenters. The highest BCUT2D eigenvalue weighted by Gasteiger charge is 2.37. The van der Waals surface area contributed by atoms with Crippen LogP contribution in [0.1, 0.15) is 59.5 Å². The molecule has 1 N–H and O–H groups in total. The molecule has 0 fully saturated rings. The first-order valence-corrected chi connectivity index (χ1v) is 10.3. The number of rotatable bonds is 5. The van der Waals surface area contributed by atoms with Gasteiger partial charge in [0, 0.05) is 11.8 Å². The fourth-order valence-electron chi connectivity index (χ4n) is 3.59. The van der Waals surface area contributed by atoms with E-state index >= 15 is 0 Å². The molecule has 0 atom stereocenters. The van der Waals surface area contributed by atoms with Crippen LogP contribution in [0.3, 0.4) is 0 Å². The van der Waals surface area contributed by atoms with Crippen molar-refractivity contribution in [1.29, 1.82) is 0 Å². The van der Waals surface area contributed by atoms with Crippen molar-refractivity contribution in [3.63, 3.8) is 0 Å². The first-order valence-electron chi connectivity index (χ1n) is 10.3. The van der Waals surface area contributed by atoms with E-state index in [1.165, 1.54) is 36.5 Å². The van der Waals surface area contributed by atoms with Crippen LogP contribution in [0.2, 0.25) is 0 Å². The van der Waals surface area contributed by atoms with Gasteiger partial charge in [-0.2, -0.15) is 0 Å². The average Bonchev–Trinajstić information content (AvgIpc) is 3.05. The number of imide groups is 1. The van der Waals surface area contributed by atoms with Crippen LogP contribution in [0.15, 0.2) is 54.7 Å². The predicted molar refractivity (Wildman–Crippen MR) is 122 cm³/mol. The molecule has 8 heteroatoms. The minimum Gasteiger partial charge on any atom is -0.462 e. The Morgan fingerprint density at radius 2 is 1.70 bits per heavy atom. The molecule has 0 aliphatic carbocycles. The van der Waals surface area contributed by atoms with Crippen LogP contribution in [0.25, 0.3) is 0 Å². The monoisotopic (exact) mass is 443 g/mol. The molecule has 4 rings (SSSR count). The van der Waals surface area contributed by atoms with Gasteiger partial charge >= 0.3 is 5.97 Å². The van der Waals surface area contributed by atoms with Crippen molar-refractivity contribution >= 4 is 35.2 Å². The number of benzene rings is 2. The number of nitrogens with one attached hydrogen (secondary N) is 1. The number of ether oxygens (including phenoxy) is 1. The van der Waals surface area contributed by atoms with Gasteiger partial charge in [-0.1, -0.05) is 12.1 Å². The highest BCUT2D eigenvalue weighted by molar-refractivity contribution is 6.35. The van der Waals surface area contributed by atoms with Crippen LogP contribution in [0, 0.1) is 13.8 Å². The van der Waals surface area contributed by atoms with Gasteiger partial charge in [0.2, 0.25) is 0 Å². The van der Waals surface area contributed by atoms with E-state index in [0.29, 0.717) is 5.69 Å². The van der Waals surface area contributed by atoms with Crippen LogP contribution in [-0.4, -0.2) is 35.3 Å². The van der Waals surface area contributed by atoms with Crippen molar-refractivity contribution in [1.82, 2.24) is 4.98 Å². The van der Waals surface area contributed by atoms with E-state index in [1.54, 1.807) is 13.0 Å². The highest BCUT2D eigenvalue weighted by Crippen LogP contribution is 2.32. The maximum Gasteiger partial charge on any atom is 0.338 e. The van der Waals surface area contributed by atoms with Crippen LogP contribution >= 0.6 is 0 Å². The summed E-state index contributed by atoms with van der Waals surface area (Å²) in [6, 6.07) is 12.8. The number of hydrogen-bond acceptors (Lipinski definition) is 6. The fraction of sp³-hybridized carbons (Fsp3) is 0.160. The zero-order valence-corrected chi connectivity index (χ0v) is 18.3. The third-order valence-electron chi connectivity index (χ3n) is 5.27. The average molecular weight is 443 g/mol. The summed E-state index contributed by atoms with van der Waals surface area (Å²) in [5, 5.41) is 2.60. The number of hydrogen-bond donors (Lipinski definition) is 1. The number of anilines is 2. The van der Waals surface area contributed by atoms with Gasteiger partial charge in [0.15, 0.2) is 0 Å². The second kappa shape index (κ2) is 8.66. The van der Waals surface area contributed by atoms with E-state index in [2.05, 4.69) is 10.3 Å². The van der Waals surface area contributed by atoms with Crippen molar-refractivity contribution in [2.24, 2.45) is 0 Å². The topological polar surface area (TPSA) is 106 Å². The summed E-state index contributed by atoms with van der Waals surface area (Å²) in [7, 11) is 0. The molecule has 0 saturated carbocycles. The van der Waals surface area contributed by atoms with Crippen molar-refractivity contribution in [3.05, 3.63) is 88.1 Å². The van der Waals surface area contributed by atoms with E-state index in [4.69, 9.17) is 4.74 Å². The van der Waals surface area contributed by atoms with Crippen molar-refractivity contribution in [3.8, 4) is 0 Å². The Balaban J connectivity index is 1.60.